The van der Waals surface area contributed by atoms with Gasteiger partial charge in [-0.2, -0.15) is 11.8 Å². The lowest BCUT2D eigenvalue weighted by atomic mass is 10.3. The highest BCUT2D eigenvalue weighted by atomic mass is 32.2. The summed E-state index contributed by atoms with van der Waals surface area (Å²) >= 11 is 1.82. The molecule has 0 saturated heterocycles. The minimum atomic E-state index is 0.289. The maximum absolute atomic E-state index is 5.35. The molecule has 16 heavy (non-hydrogen) atoms. The van der Waals surface area contributed by atoms with Gasteiger partial charge in [0.25, 0.3) is 0 Å². The van der Waals surface area contributed by atoms with Crippen LogP contribution in [0.25, 0.3) is 0 Å². The van der Waals surface area contributed by atoms with Crippen molar-refractivity contribution in [2.24, 2.45) is 0 Å². The first-order valence-electron chi connectivity index (χ1n) is 5.54. The van der Waals surface area contributed by atoms with Crippen molar-refractivity contribution in [1.82, 2.24) is 4.98 Å². The normalized spacial score (nSPS) is 12.4. The van der Waals surface area contributed by atoms with Gasteiger partial charge in [-0.1, -0.05) is 0 Å². The van der Waals surface area contributed by atoms with E-state index in [1.165, 1.54) is 5.56 Å². The van der Waals surface area contributed by atoms with E-state index in [1.54, 1.807) is 0 Å². The van der Waals surface area contributed by atoms with Crippen molar-refractivity contribution < 1.29 is 4.74 Å². The van der Waals surface area contributed by atoms with E-state index < -0.39 is 0 Å². The van der Waals surface area contributed by atoms with Gasteiger partial charge in [-0.3, -0.25) is 0 Å². The van der Waals surface area contributed by atoms with E-state index in [-0.39, 0.29) is 6.04 Å². The number of anilines is 1. The number of pyridine rings is 1. The molecule has 1 aromatic rings. The molecule has 4 heteroatoms. The molecule has 3 nitrogen and oxygen atoms in total. The Hall–Kier alpha value is -0.740. The Bertz CT molecular complexity index is 307. The zero-order chi connectivity index (χ0) is 11.8. The van der Waals surface area contributed by atoms with Gasteiger partial charge in [-0.15, -0.1) is 0 Å². The first-order chi connectivity index (χ1) is 7.76. The first-order valence-corrected chi connectivity index (χ1v) is 6.93. The van der Waals surface area contributed by atoms with Crippen LogP contribution in [0, 0.1) is 0 Å². The van der Waals surface area contributed by atoms with E-state index in [2.05, 4.69) is 35.6 Å². The molecule has 0 aromatic carbocycles. The second kappa shape index (κ2) is 7.52. The smallest absolute Gasteiger partial charge is 0.126 e. The predicted molar refractivity (Wildman–Crippen MR) is 71.0 cm³/mol. The Kier molecular flexibility index (Phi) is 6.26. The highest BCUT2D eigenvalue weighted by molar-refractivity contribution is 7.97. The van der Waals surface area contributed by atoms with Crippen molar-refractivity contribution in [2.75, 3.05) is 24.8 Å². The molecule has 90 valence electrons. The van der Waals surface area contributed by atoms with E-state index in [1.807, 2.05) is 24.9 Å². The van der Waals surface area contributed by atoms with Gasteiger partial charge in [-0.05, 0) is 37.8 Å². The maximum atomic E-state index is 5.35. The van der Waals surface area contributed by atoms with Crippen LogP contribution in [-0.4, -0.2) is 30.5 Å². The van der Waals surface area contributed by atoms with E-state index in [0.717, 1.165) is 18.2 Å². The summed E-state index contributed by atoms with van der Waals surface area (Å²) in [6.45, 7) is 5.57. The van der Waals surface area contributed by atoms with Gasteiger partial charge in [0, 0.05) is 24.6 Å². The number of hydrogen-bond acceptors (Lipinski definition) is 4. The van der Waals surface area contributed by atoms with Crippen LogP contribution in [-0.2, 0) is 10.5 Å². The van der Waals surface area contributed by atoms with Crippen LogP contribution in [0.3, 0.4) is 0 Å². The van der Waals surface area contributed by atoms with Crippen LogP contribution in [0.2, 0.25) is 0 Å². The van der Waals surface area contributed by atoms with Gasteiger partial charge in [0.1, 0.15) is 5.82 Å². The van der Waals surface area contributed by atoms with E-state index >= 15 is 0 Å². The van der Waals surface area contributed by atoms with Crippen molar-refractivity contribution in [1.29, 1.82) is 0 Å². The van der Waals surface area contributed by atoms with Crippen LogP contribution in [0.4, 0.5) is 5.82 Å². The largest absolute Gasteiger partial charge is 0.380 e. The molecule has 0 bridgehead atoms. The second-order valence-electron chi connectivity index (χ2n) is 3.69. The summed E-state index contributed by atoms with van der Waals surface area (Å²) < 4.78 is 5.35. The molecular formula is C12H20N2OS. The zero-order valence-corrected chi connectivity index (χ0v) is 11.0. The summed E-state index contributed by atoms with van der Waals surface area (Å²) in [5.74, 6) is 1.95. The number of hydrogen-bond donors (Lipinski definition) is 1. The third-order valence-corrected chi connectivity index (χ3v) is 2.72. The summed E-state index contributed by atoms with van der Waals surface area (Å²) in [5.41, 5.74) is 1.30. The molecule has 1 heterocycles. The fourth-order valence-corrected chi connectivity index (χ4v) is 1.91. The Labute approximate surface area is 102 Å². The fraction of sp³-hybridized carbons (Fsp3) is 0.583. The number of nitrogens with one attached hydrogen (secondary N) is 1. The SMILES string of the molecule is CCOCC(C)Nc1cc(CSC)ccn1. The molecule has 1 rings (SSSR count). The van der Waals surface area contributed by atoms with Crippen molar-refractivity contribution in [2.45, 2.75) is 25.6 Å². The molecule has 1 N–H and O–H groups in total. The molecule has 0 radical (unpaired) electrons. The van der Waals surface area contributed by atoms with Gasteiger partial charge in [0.05, 0.1) is 6.61 Å². The van der Waals surface area contributed by atoms with Crippen molar-refractivity contribution in [3.05, 3.63) is 23.9 Å². The summed E-state index contributed by atoms with van der Waals surface area (Å²) in [4.78, 5) is 4.29. The minimum Gasteiger partial charge on any atom is -0.380 e. The summed E-state index contributed by atoms with van der Waals surface area (Å²) in [5, 5.41) is 3.33. The molecule has 0 amide bonds. The molecule has 0 spiro atoms. The Morgan fingerprint density at radius 3 is 3.06 bits per heavy atom. The zero-order valence-electron chi connectivity index (χ0n) is 10.2. The number of thioether (sulfide) groups is 1. The lowest BCUT2D eigenvalue weighted by Gasteiger charge is -2.14. The highest BCUT2D eigenvalue weighted by Gasteiger charge is 2.03. The molecule has 1 aromatic heterocycles. The lowest BCUT2D eigenvalue weighted by Crippen LogP contribution is -2.22. The number of nitrogens with zero attached hydrogens (tertiary/aromatic N) is 1. The predicted octanol–water partition coefficient (Wildman–Crippen LogP) is 2.78. The quantitative estimate of drug-likeness (QED) is 0.794. The molecule has 0 aliphatic carbocycles. The van der Waals surface area contributed by atoms with Gasteiger partial charge in [0.15, 0.2) is 0 Å². The van der Waals surface area contributed by atoms with E-state index in [0.29, 0.717) is 6.61 Å². The minimum absolute atomic E-state index is 0.289. The summed E-state index contributed by atoms with van der Waals surface area (Å²) in [6.07, 6.45) is 3.95. The van der Waals surface area contributed by atoms with Crippen LogP contribution in [0.5, 0.6) is 0 Å². The van der Waals surface area contributed by atoms with Gasteiger partial charge in [0.2, 0.25) is 0 Å². The molecule has 0 fully saturated rings. The monoisotopic (exact) mass is 240 g/mol. The average molecular weight is 240 g/mol. The van der Waals surface area contributed by atoms with E-state index in [4.69, 9.17) is 4.74 Å². The average Bonchev–Trinajstić information content (AvgIpc) is 2.27. The van der Waals surface area contributed by atoms with Gasteiger partial charge >= 0.3 is 0 Å². The Balaban J connectivity index is 2.49. The molecule has 0 saturated carbocycles. The van der Waals surface area contributed by atoms with Crippen LogP contribution >= 0.6 is 11.8 Å². The maximum Gasteiger partial charge on any atom is 0.126 e. The number of ether oxygens (including phenoxy) is 1. The van der Waals surface area contributed by atoms with Gasteiger partial charge < -0.3 is 10.1 Å². The molecular weight excluding hydrogens is 220 g/mol. The van der Waals surface area contributed by atoms with Crippen LogP contribution in [0.15, 0.2) is 18.3 Å². The van der Waals surface area contributed by atoms with Crippen molar-refractivity contribution in [3.8, 4) is 0 Å². The summed E-state index contributed by atoms with van der Waals surface area (Å²) in [6, 6.07) is 4.44. The number of aromatic nitrogens is 1. The standard InChI is InChI=1S/C12H20N2OS/c1-4-15-8-10(2)14-12-7-11(9-16-3)5-6-13-12/h5-7,10H,4,8-9H2,1-3H3,(H,13,14). The molecule has 1 atom stereocenters. The summed E-state index contributed by atoms with van der Waals surface area (Å²) in [7, 11) is 0. The lowest BCUT2D eigenvalue weighted by molar-refractivity contribution is 0.141. The second-order valence-corrected chi connectivity index (χ2v) is 4.55. The Morgan fingerprint density at radius 1 is 1.56 bits per heavy atom. The number of rotatable bonds is 7. The Morgan fingerprint density at radius 2 is 2.38 bits per heavy atom. The topological polar surface area (TPSA) is 34.1 Å². The van der Waals surface area contributed by atoms with Crippen molar-refractivity contribution in [3.63, 3.8) is 0 Å². The first kappa shape index (κ1) is 13.3. The third-order valence-electron chi connectivity index (χ3n) is 2.10. The molecule has 0 aliphatic heterocycles. The fourth-order valence-electron chi connectivity index (χ4n) is 1.40. The van der Waals surface area contributed by atoms with Crippen LogP contribution in [0.1, 0.15) is 19.4 Å². The molecule has 1 unspecified atom stereocenters. The van der Waals surface area contributed by atoms with Crippen molar-refractivity contribution >= 4 is 17.6 Å². The molecule has 0 aliphatic rings. The van der Waals surface area contributed by atoms with Crippen LogP contribution < -0.4 is 5.32 Å². The van der Waals surface area contributed by atoms with Gasteiger partial charge in [-0.25, -0.2) is 4.98 Å². The third kappa shape index (κ3) is 4.86. The highest BCUT2D eigenvalue weighted by Crippen LogP contribution is 2.13. The van der Waals surface area contributed by atoms with E-state index in [9.17, 15) is 0 Å².